The average Bonchev–Trinajstić information content (AvgIpc) is 3.15. The van der Waals surface area contributed by atoms with Gasteiger partial charge < -0.3 is 24.4 Å². The molecule has 2 N–H and O–H groups in total. The standard InChI is InChI=1S/C18H18N2O6S/c1-24-13-6-9(7-14(25-2)18(13)23)10(8-15(22)26-3)16-12(21)5-4-11-17(16)20-27-19-11/h4-7,10,21,23H,8H2,1-3H3/t10-/m0/s1. The monoisotopic (exact) mass is 390 g/mol. The molecule has 2 aromatic carbocycles. The fourth-order valence-corrected chi connectivity index (χ4v) is 3.51. The Kier molecular flexibility index (Phi) is 5.31. The Bertz CT molecular complexity index is 962. The predicted octanol–water partition coefficient (Wildman–Crippen LogP) is 2.81. The molecule has 0 amide bonds. The summed E-state index contributed by atoms with van der Waals surface area (Å²) in [6.45, 7) is 0. The van der Waals surface area contributed by atoms with Gasteiger partial charge in [0.05, 0.1) is 39.5 Å². The highest BCUT2D eigenvalue weighted by molar-refractivity contribution is 7.00. The number of phenols is 2. The van der Waals surface area contributed by atoms with E-state index >= 15 is 0 Å². The second-order valence-electron chi connectivity index (χ2n) is 5.74. The van der Waals surface area contributed by atoms with Crippen LogP contribution in [0.2, 0.25) is 0 Å². The number of phenolic OH excluding ortho intramolecular Hbond substituents is 2. The van der Waals surface area contributed by atoms with Crippen LogP contribution in [0.15, 0.2) is 24.3 Å². The van der Waals surface area contributed by atoms with Gasteiger partial charge in [0.2, 0.25) is 5.75 Å². The molecule has 8 nitrogen and oxygen atoms in total. The Morgan fingerprint density at radius 1 is 1.11 bits per heavy atom. The number of aromatic nitrogens is 2. The van der Waals surface area contributed by atoms with E-state index in [0.29, 0.717) is 22.2 Å². The quantitative estimate of drug-likeness (QED) is 0.618. The van der Waals surface area contributed by atoms with Crippen molar-refractivity contribution in [3.63, 3.8) is 0 Å². The lowest BCUT2D eigenvalue weighted by atomic mass is 9.86. The lowest BCUT2D eigenvalue weighted by Gasteiger charge is -2.20. The lowest BCUT2D eigenvalue weighted by Crippen LogP contribution is -2.11. The molecule has 0 aliphatic heterocycles. The highest BCUT2D eigenvalue weighted by Crippen LogP contribution is 2.44. The van der Waals surface area contributed by atoms with Crippen molar-refractivity contribution in [3.8, 4) is 23.0 Å². The Morgan fingerprint density at radius 3 is 2.37 bits per heavy atom. The van der Waals surface area contributed by atoms with Gasteiger partial charge in [-0.3, -0.25) is 4.79 Å². The average molecular weight is 390 g/mol. The molecular weight excluding hydrogens is 372 g/mol. The summed E-state index contributed by atoms with van der Waals surface area (Å²) >= 11 is 1.01. The topological polar surface area (TPSA) is 111 Å². The smallest absolute Gasteiger partial charge is 0.306 e. The van der Waals surface area contributed by atoms with Crippen LogP contribution in [0.25, 0.3) is 11.0 Å². The molecule has 1 aromatic heterocycles. The van der Waals surface area contributed by atoms with Crippen molar-refractivity contribution in [3.05, 3.63) is 35.4 Å². The number of hydrogen-bond donors (Lipinski definition) is 2. The molecule has 0 radical (unpaired) electrons. The van der Waals surface area contributed by atoms with Crippen LogP contribution in [-0.4, -0.2) is 46.3 Å². The third-order valence-corrected chi connectivity index (χ3v) is 4.84. The van der Waals surface area contributed by atoms with E-state index in [1.807, 2.05) is 0 Å². The molecule has 0 bridgehead atoms. The fourth-order valence-electron chi connectivity index (χ4n) is 2.96. The third-order valence-electron chi connectivity index (χ3n) is 4.30. The third kappa shape index (κ3) is 3.45. The number of hydrogen-bond acceptors (Lipinski definition) is 9. The molecule has 3 aromatic rings. The minimum Gasteiger partial charge on any atom is -0.508 e. The van der Waals surface area contributed by atoms with E-state index in [4.69, 9.17) is 14.2 Å². The summed E-state index contributed by atoms with van der Waals surface area (Å²) in [5.41, 5.74) is 2.14. The lowest BCUT2D eigenvalue weighted by molar-refractivity contribution is -0.140. The molecule has 1 heterocycles. The second kappa shape index (κ2) is 7.67. The van der Waals surface area contributed by atoms with Gasteiger partial charge >= 0.3 is 5.97 Å². The number of ether oxygens (including phenoxy) is 3. The van der Waals surface area contributed by atoms with Gasteiger partial charge in [0.15, 0.2) is 11.5 Å². The Balaban J connectivity index is 2.25. The van der Waals surface area contributed by atoms with Crippen LogP contribution in [-0.2, 0) is 9.53 Å². The summed E-state index contributed by atoms with van der Waals surface area (Å²) in [5, 5.41) is 20.7. The van der Waals surface area contributed by atoms with Gasteiger partial charge in [0.25, 0.3) is 0 Å². The first-order valence-corrected chi connectivity index (χ1v) is 8.69. The number of methoxy groups -OCH3 is 3. The van der Waals surface area contributed by atoms with Crippen LogP contribution in [0.4, 0.5) is 0 Å². The van der Waals surface area contributed by atoms with Crippen molar-refractivity contribution in [1.29, 1.82) is 0 Å². The van der Waals surface area contributed by atoms with Crippen molar-refractivity contribution in [2.24, 2.45) is 0 Å². The number of benzene rings is 2. The maximum Gasteiger partial charge on any atom is 0.306 e. The zero-order chi connectivity index (χ0) is 19.6. The molecule has 27 heavy (non-hydrogen) atoms. The van der Waals surface area contributed by atoms with Crippen LogP contribution in [0.3, 0.4) is 0 Å². The van der Waals surface area contributed by atoms with E-state index in [1.54, 1.807) is 18.2 Å². The summed E-state index contributed by atoms with van der Waals surface area (Å²) in [7, 11) is 4.12. The van der Waals surface area contributed by atoms with Gasteiger partial charge in [-0.1, -0.05) is 0 Å². The second-order valence-corrected chi connectivity index (χ2v) is 6.27. The van der Waals surface area contributed by atoms with E-state index in [-0.39, 0.29) is 29.4 Å². The number of aromatic hydroxyl groups is 2. The number of nitrogens with zero attached hydrogens (tertiary/aromatic N) is 2. The molecule has 0 aliphatic rings. The van der Waals surface area contributed by atoms with Crippen molar-refractivity contribution in [2.75, 3.05) is 21.3 Å². The summed E-state index contributed by atoms with van der Waals surface area (Å²) < 4.78 is 23.7. The first-order chi connectivity index (χ1) is 13.0. The van der Waals surface area contributed by atoms with Crippen molar-refractivity contribution >= 4 is 28.7 Å². The molecule has 0 unspecified atom stereocenters. The van der Waals surface area contributed by atoms with Gasteiger partial charge in [-0.05, 0) is 29.8 Å². The Hall–Kier alpha value is -3.07. The molecule has 3 rings (SSSR count). The van der Waals surface area contributed by atoms with Crippen LogP contribution < -0.4 is 9.47 Å². The normalized spacial score (nSPS) is 12.0. The minimum absolute atomic E-state index is 0.0184. The van der Waals surface area contributed by atoms with Crippen molar-refractivity contribution in [2.45, 2.75) is 12.3 Å². The zero-order valence-corrected chi connectivity index (χ0v) is 15.7. The van der Waals surface area contributed by atoms with E-state index in [0.717, 1.165) is 11.7 Å². The minimum atomic E-state index is -0.617. The van der Waals surface area contributed by atoms with Crippen LogP contribution in [0.1, 0.15) is 23.5 Å². The molecule has 0 fully saturated rings. The number of fused-ring (bicyclic) bond motifs is 1. The molecule has 1 atom stereocenters. The molecule has 0 aliphatic carbocycles. The highest BCUT2D eigenvalue weighted by atomic mass is 32.1. The van der Waals surface area contributed by atoms with Gasteiger partial charge in [-0.25, -0.2) is 0 Å². The zero-order valence-electron chi connectivity index (χ0n) is 14.9. The van der Waals surface area contributed by atoms with Gasteiger partial charge in [-0.15, -0.1) is 0 Å². The highest BCUT2D eigenvalue weighted by Gasteiger charge is 2.27. The molecular formula is C18H18N2O6S. The van der Waals surface area contributed by atoms with Crippen LogP contribution in [0.5, 0.6) is 23.0 Å². The molecule has 9 heteroatoms. The Morgan fingerprint density at radius 2 is 1.78 bits per heavy atom. The fraction of sp³-hybridized carbons (Fsp3) is 0.278. The first-order valence-electron chi connectivity index (χ1n) is 7.96. The largest absolute Gasteiger partial charge is 0.508 e. The number of esters is 1. The molecule has 0 spiro atoms. The van der Waals surface area contributed by atoms with E-state index in [2.05, 4.69) is 8.75 Å². The summed E-state index contributed by atoms with van der Waals surface area (Å²) in [4.78, 5) is 12.1. The van der Waals surface area contributed by atoms with Crippen molar-refractivity contribution < 1.29 is 29.2 Å². The summed E-state index contributed by atoms with van der Waals surface area (Å²) in [5.74, 6) is -0.892. The summed E-state index contributed by atoms with van der Waals surface area (Å²) in [6.07, 6.45) is -0.0578. The van der Waals surface area contributed by atoms with E-state index < -0.39 is 11.9 Å². The summed E-state index contributed by atoms with van der Waals surface area (Å²) in [6, 6.07) is 6.34. The van der Waals surface area contributed by atoms with Crippen molar-refractivity contribution in [1.82, 2.24) is 8.75 Å². The number of carbonyl (C=O) groups is 1. The Labute approximate surface area is 159 Å². The van der Waals surface area contributed by atoms with Crippen LogP contribution >= 0.6 is 11.7 Å². The van der Waals surface area contributed by atoms with Gasteiger partial charge in [0.1, 0.15) is 16.8 Å². The van der Waals surface area contributed by atoms with Gasteiger partial charge in [0, 0.05) is 11.5 Å². The molecule has 0 saturated carbocycles. The van der Waals surface area contributed by atoms with Gasteiger partial charge in [-0.2, -0.15) is 8.75 Å². The van der Waals surface area contributed by atoms with E-state index in [1.165, 1.54) is 27.4 Å². The molecule has 142 valence electrons. The first kappa shape index (κ1) is 18.7. The maximum absolute atomic E-state index is 12.1. The number of carbonyl (C=O) groups excluding carboxylic acids is 1. The predicted molar refractivity (Wildman–Crippen MR) is 98.8 cm³/mol. The van der Waals surface area contributed by atoms with E-state index in [9.17, 15) is 15.0 Å². The number of rotatable bonds is 6. The molecule has 0 saturated heterocycles. The van der Waals surface area contributed by atoms with Crippen LogP contribution in [0, 0.1) is 0 Å². The SMILES string of the molecule is COC(=O)C[C@@H](c1cc(OC)c(O)c(OC)c1)c1c(O)ccc2nsnc12. The maximum atomic E-state index is 12.1.